The molecule has 3 N–H and O–H groups in total. The number of alkyl halides is 5. The van der Waals surface area contributed by atoms with Gasteiger partial charge in [-0.2, -0.15) is 13.2 Å². The van der Waals surface area contributed by atoms with Crippen molar-refractivity contribution in [1.82, 2.24) is 20.2 Å². The number of likely N-dealkylation sites (tertiary alicyclic amines) is 1. The number of pyridine rings is 1. The molecule has 2 aliphatic rings. The van der Waals surface area contributed by atoms with Gasteiger partial charge < -0.3 is 20.6 Å². The van der Waals surface area contributed by atoms with Crippen LogP contribution in [-0.4, -0.2) is 68.5 Å². The average Bonchev–Trinajstić information content (AvgIpc) is 3.33. The molecular weight excluding hydrogens is 569 g/mol. The van der Waals surface area contributed by atoms with E-state index in [0.29, 0.717) is 43.2 Å². The largest absolute Gasteiger partial charge is 0.417 e. The lowest BCUT2D eigenvalue weighted by Crippen LogP contribution is -2.42. The van der Waals surface area contributed by atoms with E-state index in [-0.39, 0.29) is 46.8 Å². The number of aliphatic hydroxyl groups is 1. The van der Waals surface area contributed by atoms with E-state index in [9.17, 15) is 36.6 Å². The summed E-state index contributed by atoms with van der Waals surface area (Å²) in [5.41, 5.74) is -3.25. The van der Waals surface area contributed by atoms with E-state index in [1.54, 1.807) is 0 Å². The zero-order chi connectivity index (χ0) is 30.2. The molecule has 0 spiro atoms. The van der Waals surface area contributed by atoms with Gasteiger partial charge in [-0.05, 0) is 58.9 Å². The van der Waals surface area contributed by atoms with E-state index < -0.39 is 46.7 Å². The lowest BCUT2D eigenvalue weighted by atomic mass is 9.91. The molecule has 8 nitrogen and oxygen atoms in total. The van der Waals surface area contributed by atoms with Crippen LogP contribution in [0.15, 0.2) is 12.3 Å². The maximum atomic E-state index is 14.4. The summed E-state index contributed by atoms with van der Waals surface area (Å²) in [7, 11) is 0. The van der Waals surface area contributed by atoms with Crippen LogP contribution in [0.4, 0.5) is 27.8 Å². The molecule has 2 amide bonds. The lowest BCUT2D eigenvalue weighted by molar-refractivity contribution is -0.137. The third kappa shape index (κ3) is 7.32. The maximum absolute atomic E-state index is 14.4. The summed E-state index contributed by atoms with van der Waals surface area (Å²) in [4.78, 5) is 36.0. The van der Waals surface area contributed by atoms with E-state index in [0.717, 1.165) is 19.0 Å². The summed E-state index contributed by atoms with van der Waals surface area (Å²) in [6.07, 6.45) is -1.16. The Labute approximate surface area is 238 Å². The first kappa shape index (κ1) is 31.1. The molecular formula is C27H34F5N5O3S. The van der Waals surface area contributed by atoms with Crippen LogP contribution in [0.2, 0.25) is 0 Å². The number of hydrogen-bond donors (Lipinski definition) is 3. The highest BCUT2D eigenvalue weighted by molar-refractivity contribution is 7.17. The van der Waals surface area contributed by atoms with E-state index in [4.69, 9.17) is 0 Å². The minimum absolute atomic E-state index is 0.0857. The highest BCUT2D eigenvalue weighted by atomic mass is 32.1. The van der Waals surface area contributed by atoms with E-state index >= 15 is 0 Å². The fourth-order valence-corrected chi connectivity index (χ4v) is 6.05. The summed E-state index contributed by atoms with van der Waals surface area (Å²) >= 11 is 0.604. The monoisotopic (exact) mass is 603 g/mol. The summed E-state index contributed by atoms with van der Waals surface area (Å²) in [5, 5.41) is 14.7. The van der Waals surface area contributed by atoms with Crippen molar-refractivity contribution < 1.29 is 36.6 Å². The predicted molar refractivity (Wildman–Crippen MR) is 144 cm³/mol. The average molecular weight is 604 g/mol. The van der Waals surface area contributed by atoms with Gasteiger partial charge in [0.1, 0.15) is 11.5 Å². The van der Waals surface area contributed by atoms with Gasteiger partial charge in [-0.3, -0.25) is 9.59 Å². The summed E-state index contributed by atoms with van der Waals surface area (Å²) in [6.45, 7) is 5.00. The number of aromatic nitrogens is 2. The smallest absolute Gasteiger partial charge is 0.389 e. The number of thiazole rings is 1. The second-order valence-electron chi connectivity index (χ2n) is 11.4. The number of nitrogens with one attached hydrogen (secondary N) is 2. The Hall–Kier alpha value is -2.87. The lowest BCUT2D eigenvalue weighted by Gasteiger charge is -2.33. The molecule has 0 bridgehead atoms. The molecule has 3 heterocycles. The van der Waals surface area contributed by atoms with Crippen molar-refractivity contribution in [2.24, 2.45) is 0 Å². The predicted octanol–water partition coefficient (Wildman–Crippen LogP) is 5.73. The second-order valence-corrected chi connectivity index (χ2v) is 12.4. The number of hydrogen-bond acceptors (Lipinski definition) is 7. The Balaban J connectivity index is 1.77. The van der Waals surface area contributed by atoms with Crippen LogP contribution >= 0.6 is 11.3 Å². The third-order valence-corrected chi connectivity index (χ3v) is 8.40. The number of rotatable bonds is 7. The fourth-order valence-electron chi connectivity index (χ4n) is 5.05. The van der Waals surface area contributed by atoms with Gasteiger partial charge in [0.15, 0.2) is 5.01 Å². The van der Waals surface area contributed by atoms with Crippen LogP contribution in [0.1, 0.15) is 91.6 Å². The fraction of sp³-hybridized carbons (Fsp3) is 0.630. The topological polar surface area (TPSA) is 107 Å². The first-order valence-corrected chi connectivity index (χ1v) is 14.4. The van der Waals surface area contributed by atoms with E-state index in [1.807, 2.05) is 6.92 Å². The molecule has 2 aromatic heterocycles. The van der Waals surface area contributed by atoms with Gasteiger partial charge in [-0.15, -0.1) is 11.3 Å². The molecule has 1 saturated heterocycles. The van der Waals surface area contributed by atoms with E-state index in [1.165, 1.54) is 18.7 Å². The number of amides is 2. The van der Waals surface area contributed by atoms with Crippen molar-refractivity contribution >= 4 is 29.0 Å². The van der Waals surface area contributed by atoms with Crippen molar-refractivity contribution in [3.05, 3.63) is 28.5 Å². The molecule has 1 aliphatic heterocycles. The highest BCUT2D eigenvalue weighted by Crippen LogP contribution is 2.43. The zero-order valence-corrected chi connectivity index (χ0v) is 23.9. The van der Waals surface area contributed by atoms with Crippen molar-refractivity contribution in [2.45, 2.75) is 95.5 Å². The molecule has 2 aromatic rings. The van der Waals surface area contributed by atoms with Crippen LogP contribution in [0.3, 0.4) is 0 Å². The maximum Gasteiger partial charge on any atom is 0.417 e. The Morgan fingerprint density at radius 3 is 2.51 bits per heavy atom. The van der Waals surface area contributed by atoms with Crippen molar-refractivity contribution in [2.75, 3.05) is 18.4 Å². The van der Waals surface area contributed by atoms with Gasteiger partial charge in [-0.1, -0.05) is 6.42 Å². The molecule has 0 radical (unpaired) electrons. The second kappa shape index (κ2) is 11.8. The van der Waals surface area contributed by atoms with Crippen LogP contribution < -0.4 is 10.6 Å². The van der Waals surface area contributed by atoms with Crippen LogP contribution in [0.5, 0.6) is 0 Å². The number of piperidine rings is 1. The Morgan fingerprint density at radius 2 is 1.88 bits per heavy atom. The SMILES string of the molecule is C[C@H]1CCCCN1C(=O)c1nc(C(=O)NCC(C)(C)O)sc1-c1cnc(N[C@H]2CCCCC2(F)F)cc1C(F)(F)F. The normalized spacial score (nSPS) is 21.4. The Morgan fingerprint density at radius 1 is 1.17 bits per heavy atom. The van der Waals surface area contributed by atoms with Crippen LogP contribution in [-0.2, 0) is 6.18 Å². The molecule has 226 valence electrons. The van der Waals surface area contributed by atoms with Crippen molar-refractivity contribution in [3.63, 3.8) is 0 Å². The summed E-state index contributed by atoms with van der Waals surface area (Å²) in [6, 6.07) is -0.879. The van der Waals surface area contributed by atoms with Gasteiger partial charge >= 0.3 is 6.18 Å². The van der Waals surface area contributed by atoms with Gasteiger partial charge in [0.05, 0.1) is 22.1 Å². The van der Waals surface area contributed by atoms with E-state index in [2.05, 4.69) is 20.6 Å². The summed E-state index contributed by atoms with van der Waals surface area (Å²) < 4.78 is 71.9. The van der Waals surface area contributed by atoms with Gasteiger partial charge in [0.25, 0.3) is 17.7 Å². The third-order valence-electron chi connectivity index (χ3n) is 7.31. The molecule has 0 aromatic carbocycles. The molecule has 0 unspecified atom stereocenters. The van der Waals surface area contributed by atoms with Gasteiger partial charge in [0.2, 0.25) is 0 Å². The number of anilines is 1. The molecule has 4 rings (SSSR count). The van der Waals surface area contributed by atoms with Gasteiger partial charge in [-0.25, -0.2) is 18.7 Å². The molecule has 1 saturated carbocycles. The van der Waals surface area contributed by atoms with Crippen molar-refractivity contribution in [3.8, 4) is 10.4 Å². The quantitative estimate of drug-likeness (QED) is 0.349. The van der Waals surface area contributed by atoms with Crippen LogP contribution in [0, 0.1) is 0 Å². The standard InChI is InChI=1S/C27H34F5N5O3S/c1-15-8-5-7-11-37(15)24(39)20-21(41-23(36-20)22(38)34-14-25(2,3)40)16-13-33-19(12-17(16)27(30,31)32)35-18-9-4-6-10-26(18,28)29/h12-13,15,18,40H,4-11,14H2,1-3H3,(H,33,35)(H,34,38)/t15-,18-/m0/s1. The highest BCUT2D eigenvalue weighted by Gasteiger charge is 2.43. The number of nitrogens with zero attached hydrogens (tertiary/aromatic N) is 3. The molecule has 41 heavy (non-hydrogen) atoms. The van der Waals surface area contributed by atoms with Gasteiger partial charge in [0, 0.05) is 37.3 Å². The zero-order valence-electron chi connectivity index (χ0n) is 23.1. The Bertz CT molecular complexity index is 1280. The first-order valence-electron chi connectivity index (χ1n) is 13.6. The number of carbonyl (C=O) groups excluding carboxylic acids is 2. The number of carbonyl (C=O) groups is 2. The molecule has 14 heteroatoms. The Kier molecular flexibility index (Phi) is 8.93. The minimum atomic E-state index is -4.93. The first-order chi connectivity index (χ1) is 19.1. The minimum Gasteiger partial charge on any atom is -0.389 e. The molecule has 2 fully saturated rings. The molecule has 2 atom stereocenters. The summed E-state index contributed by atoms with van der Waals surface area (Å²) in [5.74, 6) is -4.83. The molecule has 1 aliphatic carbocycles. The number of halogens is 5. The van der Waals surface area contributed by atoms with Crippen LogP contribution in [0.25, 0.3) is 10.4 Å². The van der Waals surface area contributed by atoms with Crippen molar-refractivity contribution in [1.29, 1.82) is 0 Å².